The molecule has 0 saturated heterocycles. The molecule has 3 heterocycles. The van der Waals surface area contributed by atoms with Crippen molar-refractivity contribution in [2.45, 2.75) is 52.1 Å². The van der Waals surface area contributed by atoms with E-state index < -0.39 is 24.5 Å². The number of hydrogen-bond donors (Lipinski definition) is 1. The number of benzene rings is 1. The Balaban J connectivity index is 1.46. The van der Waals surface area contributed by atoms with Crippen molar-refractivity contribution < 1.29 is 23.8 Å². The minimum absolute atomic E-state index is 0.112. The minimum Gasteiger partial charge on any atom is -0.497 e. The Labute approximate surface area is 207 Å². The van der Waals surface area contributed by atoms with Crippen LogP contribution in [-0.4, -0.2) is 42.3 Å². The Kier molecular flexibility index (Phi) is 7.39. The van der Waals surface area contributed by atoms with E-state index >= 15 is 0 Å². The van der Waals surface area contributed by atoms with Crippen LogP contribution in [-0.2, 0) is 22.5 Å². The summed E-state index contributed by atoms with van der Waals surface area (Å²) in [5, 5.41) is 3.26. The predicted molar refractivity (Wildman–Crippen MR) is 133 cm³/mol. The maximum Gasteiger partial charge on any atom is 0.349 e. The van der Waals surface area contributed by atoms with E-state index in [2.05, 4.69) is 10.3 Å². The van der Waals surface area contributed by atoms with Crippen LogP contribution in [0.1, 0.15) is 58.9 Å². The lowest BCUT2D eigenvalue weighted by Gasteiger charge is -2.18. The van der Waals surface area contributed by atoms with Crippen molar-refractivity contribution in [1.82, 2.24) is 14.9 Å². The quantitative estimate of drug-likeness (QED) is 0.495. The molecule has 1 amide bonds. The number of nitrogens with zero attached hydrogens (tertiary/aromatic N) is 2. The molecule has 10 heteroatoms. The Morgan fingerprint density at radius 2 is 2.00 bits per heavy atom. The monoisotopic (exact) mass is 499 g/mol. The number of hydrogen-bond acceptors (Lipinski definition) is 8. The third kappa shape index (κ3) is 5.02. The third-order valence-corrected chi connectivity index (χ3v) is 7.38. The molecular formula is C25H29N3O6S. The molecule has 186 valence electrons. The smallest absolute Gasteiger partial charge is 0.349 e. The van der Waals surface area contributed by atoms with Crippen LogP contribution < -0.4 is 20.3 Å². The number of carbonyl (C=O) groups excluding carboxylic acids is 2. The maximum atomic E-state index is 13.1. The Morgan fingerprint density at radius 3 is 2.74 bits per heavy atom. The lowest BCUT2D eigenvalue weighted by Crippen LogP contribution is -2.31. The van der Waals surface area contributed by atoms with Gasteiger partial charge in [-0.1, -0.05) is 6.42 Å². The summed E-state index contributed by atoms with van der Waals surface area (Å²) >= 11 is 1.14. The van der Waals surface area contributed by atoms with E-state index in [4.69, 9.17) is 14.2 Å². The number of nitrogens with one attached hydrogen (secondary N) is 1. The first kappa shape index (κ1) is 24.7. The lowest BCUT2D eigenvalue weighted by atomic mass is 10.1. The fourth-order valence-electron chi connectivity index (χ4n) is 4.34. The summed E-state index contributed by atoms with van der Waals surface area (Å²) in [4.78, 5) is 43.9. The molecule has 0 radical (unpaired) electrons. The first-order valence-corrected chi connectivity index (χ1v) is 12.4. The Bertz CT molecular complexity index is 1330. The van der Waals surface area contributed by atoms with Crippen molar-refractivity contribution in [2.75, 3.05) is 20.8 Å². The summed E-state index contributed by atoms with van der Waals surface area (Å²) in [5.41, 5.74) is 1.17. The molecule has 1 aliphatic rings. The molecule has 1 atom stereocenters. The van der Waals surface area contributed by atoms with Gasteiger partial charge in [0.2, 0.25) is 0 Å². The Morgan fingerprint density at radius 1 is 1.20 bits per heavy atom. The number of thiophene rings is 1. The van der Waals surface area contributed by atoms with Gasteiger partial charge in [0.1, 0.15) is 27.0 Å². The van der Waals surface area contributed by atoms with Gasteiger partial charge in [0.05, 0.1) is 25.6 Å². The van der Waals surface area contributed by atoms with Crippen LogP contribution in [0.25, 0.3) is 10.2 Å². The van der Waals surface area contributed by atoms with E-state index in [0.29, 0.717) is 38.7 Å². The second-order valence-corrected chi connectivity index (χ2v) is 9.50. The van der Waals surface area contributed by atoms with E-state index in [0.717, 1.165) is 48.4 Å². The van der Waals surface area contributed by atoms with Crippen molar-refractivity contribution in [3.63, 3.8) is 0 Å². The zero-order valence-electron chi connectivity index (χ0n) is 20.3. The number of esters is 1. The first-order valence-electron chi connectivity index (χ1n) is 11.5. The highest BCUT2D eigenvalue weighted by Crippen LogP contribution is 2.30. The Hall–Kier alpha value is -3.40. The number of rotatable bonds is 7. The van der Waals surface area contributed by atoms with Crippen molar-refractivity contribution in [2.24, 2.45) is 0 Å². The van der Waals surface area contributed by atoms with Crippen LogP contribution in [0.2, 0.25) is 0 Å². The maximum absolute atomic E-state index is 13.1. The number of amides is 1. The van der Waals surface area contributed by atoms with Crippen LogP contribution in [0.4, 0.5) is 0 Å². The third-order valence-electron chi connectivity index (χ3n) is 6.21. The second-order valence-electron chi connectivity index (χ2n) is 8.51. The van der Waals surface area contributed by atoms with Gasteiger partial charge in [-0.3, -0.25) is 14.2 Å². The van der Waals surface area contributed by atoms with Crippen molar-refractivity contribution >= 4 is 33.4 Å². The number of ether oxygens (including phenoxy) is 3. The SMILES string of the molecule is COc1ccc(OC)c(C(C)NC(=O)COC(=O)c2sc3nc4n(c(=O)c3c2C)CCCCC4)c1. The fraction of sp³-hybridized carbons (Fsp3) is 0.440. The number of fused-ring (bicyclic) bond motifs is 2. The zero-order valence-corrected chi connectivity index (χ0v) is 21.1. The van der Waals surface area contributed by atoms with Gasteiger partial charge in [-0.05, 0) is 50.5 Å². The first-order chi connectivity index (χ1) is 16.8. The molecule has 4 rings (SSSR count). The van der Waals surface area contributed by atoms with Crippen molar-refractivity contribution in [3.05, 3.63) is 50.4 Å². The van der Waals surface area contributed by atoms with Crippen LogP contribution in [0.5, 0.6) is 11.5 Å². The van der Waals surface area contributed by atoms with Crippen molar-refractivity contribution in [1.29, 1.82) is 0 Å². The van der Waals surface area contributed by atoms with E-state index in [1.165, 1.54) is 0 Å². The molecule has 3 aromatic rings. The normalized spacial score (nSPS) is 14.1. The standard InChI is InChI=1S/C25H29N3O6S/c1-14-21-23(27-19-8-6-5-7-11-28(19)24(21)30)35-22(14)25(31)34-13-20(29)26-15(2)17-12-16(32-3)9-10-18(17)33-4/h9-10,12,15H,5-8,11,13H2,1-4H3,(H,26,29). The molecule has 0 bridgehead atoms. The summed E-state index contributed by atoms with van der Waals surface area (Å²) in [6.07, 6.45) is 3.75. The number of aromatic nitrogens is 2. The molecule has 2 aromatic heterocycles. The fourth-order valence-corrected chi connectivity index (χ4v) is 5.42. The highest BCUT2D eigenvalue weighted by molar-refractivity contribution is 7.20. The highest BCUT2D eigenvalue weighted by atomic mass is 32.1. The van der Waals surface area contributed by atoms with Gasteiger partial charge in [0.15, 0.2) is 6.61 Å². The number of methoxy groups -OCH3 is 2. The van der Waals surface area contributed by atoms with Crippen LogP contribution in [0, 0.1) is 6.92 Å². The largest absolute Gasteiger partial charge is 0.497 e. The molecule has 1 unspecified atom stereocenters. The zero-order chi connectivity index (χ0) is 25.1. The van der Waals surface area contributed by atoms with E-state index in [9.17, 15) is 14.4 Å². The lowest BCUT2D eigenvalue weighted by molar-refractivity contribution is -0.124. The summed E-state index contributed by atoms with van der Waals surface area (Å²) < 4.78 is 17.6. The molecule has 0 fully saturated rings. The number of aryl methyl sites for hydroxylation is 2. The molecule has 1 aromatic carbocycles. The average Bonchev–Trinajstić information content (AvgIpc) is 3.02. The van der Waals surface area contributed by atoms with Gasteiger partial charge in [-0.15, -0.1) is 11.3 Å². The van der Waals surface area contributed by atoms with Crippen molar-refractivity contribution in [3.8, 4) is 11.5 Å². The number of carbonyl (C=O) groups is 2. The van der Waals surface area contributed by atoms with Crippen LogP contribution >= 0.6 is 11.3 Å². The topological polar surface area (TPSA) is 109 Å². The van der Waals surface area contributed by atoms with Crippen LogP contribution in [0.3, 0.4) is 0 Å². The van der Waals surface area contributed by atoms with Gasteiger partial charge < -0.3 is 19.5 Å². The second kappa shape index (κ2) is 10.5. The molecule has 1 N–H and O–H groups in total. The van der Waals surface area contributed by atoms with Crippen LogP contribution in [0.15, 0.2) is 23.0 Å². The van der Waals surface area contributed by atoms with Gasteiger partial charge >= 0.3 is 5.97 Å². The van der Waals surface area contributed by atoms with Gasteiger partial charge in [-0.2, -0.15) is 0 Å². The molecule has 1 aliphatic heterocycles. The average molecular weight is 500 g/mol. The predicted octanol–water partition coefficient (Wildman–Crippen LogP) is 3.54. The summed E-state index contributed by atoms with van der Waals surface area (Å²) in [7, 11) is 3.11. The van der Waals surface area contributed by atoms with E-state index in [1.54, 1.807) is 50.8 Å². The molecule has 0 aliphatic carbocycles. The summed E-state index contributed by atoms with van der Waals surface area (Å²) in [5.74, 6) is 0.901. The molecule has 9 nitrogen and oxygen atoms in total. The van der Waals surface area contributed by atoms with Gasteiger partial charge in [0.25, 0.3) is 11.5 Å². The molecular weight excluding hydrogens is 470 g/mol. The summed E-state index contributed by atoms with van der Waals surface area (Å²) in [6, 6.07) is 4.91. The van der Waals surface area contributed by atoms with E-state index in [1.807, 2.05) is 0 Å². The van der Waals surface area contributed by atoms with Gasteiger partial charge in [0, 0.05) is 18.5 Å². The van der Waals surface area contributed by atoms with Gasteiger partial charge in [-0.25, -0.2) is 9.78 Å². The van der Waals surface area contributed by atoms with E-state index in [-0.39, 0.29) is 5.56 Å². The minimum atomic E-state index is -0.646. The summed E-state index contributed by atoms with van der Waals surface area (Å²) in [6.45, 7) is 3.71. The highest BCUT2D eigenvalue weighted by Gasteiger charge is 2.24. The molecule has 0 spiro atoms. The molecule has 35 heavy (non-hydrogen) atoms. The molecule has 0 saturated carbocycles.